The molecule has 198 valence electrons. The predicted molar refractivity (Wildman–Crippen MR) is 156 cm³/mol. The summed E-state index contributed by atoms with van der Waals surface area (Å²) in [5.41, 5.74) is 2.30. The number of anilines is 1. The van der Waals surface area contributed by atoms with Crippen molar-refractivity contribution in [3.05, 3.63) is 89.4 Å². The topological polar surface area (TPSA) is 71.0 Å². The maximum atomic E-state index is 13.2. The highest BCUT2D eigenvalue weighted by Crippen LogP contribution is 2.31. The van der Waals surface area contributed by atoms with Crippen molar-refractivity contribution in [1.82, 2.24) is 4.90 Å². The SMILES string of the molecule is CCCCCCOc1ccc(NC(=O)C2CC(=O)N(Cc3ccccc3)C(=Nc3ccc(Cl)cc3)S2)cc1. The van der Waals surface area contributed by atoms with Gasteiger partial charge in [0.25, 0.3) is 0 Å². The van der Waals surface area contributed by atoms with E-state index in [9.17, 15) is 9.59 Å². The lowest BCUT2D eigenvalue weighted by Gasteiger charge is -2.32. The fraction of sp³-hybridized carbons (Fsp3) is 0.300. The Morgan fingerprint density at radius 3 is 2.47 bits per heavy atom. The van der Waals surface area contributed by atoms with E-state index in [4.69, 9.17) is 21.3 Å². The number of ether oxygens (including phenoxy) is 1. The van der Waals surface area contributed by atoms with Gasteiger partial charge in [-0.3, -0.25) is 14.5 Å². The molecule has 1 atom stereocenters. The highest BCUT2D eigenvalue weighted by molar-refractivity contribution is 8.15. The number of carbonyl (C=O) groups is 2. The van der Waals surface area contributed by atoms with Gasteiger partial charge in [-0.1, -0.05) is 79.9 Å². The van der Waals surface area contributed by atoms with Gasteiger partial charge in [0.1, 0.15) is 11.0 Å². The average molecular weight is 550 g/mol. The summed E-state index contributed by atoms with van der Waals surface area (Å²) >= 11 is 7.32. The molecule has 1 saturated heterocycles. The van der Waals surface area contributed by atoms with Gasteiger partial charge in [0.2, 0.25) is 11.8 Å². The molecule has 8 heteroatoms. The van der Waals surface area contributed by atoms with Gasteiger partial charge in [-0.2, -0.15) is 0 Å². The van der Waals surface area contributed by atoms with Gasteiger partial charge in [0, 0.05) is 17.1 Å². The summed E-state index contributed by atoms with van der Waals surface area (Å²) in [7, 11) is 0. The molecule has 0 saturated carbocycles. The van der Waals surface area contributed by atoms with Gasteiger partial charge in [0.15, 0.2) is 5.17 Å². The molecule has 0 bridgehead atoms. The van der Waals surface area contributed by atoms with Gasteiger partial charge < -0.3 is 10.1 Å². The van der Waals surface area contributed by atoms with Crippen LogP contribution in [0, 0.1) is 0 Å². The van der Waals surface area contributed by atoms with Crippen LogP contribution < -0.4 is 10.1 Å². The third-order valence-corrected chi connectivity index (χ3v) is 7.50. The van der Waals surface area contributed by atoms with Crippen LogP contribution in [0.4, 0.5) is 11.4 Å². The predicted octanol–water partition coefficient (Wildman–Crippen LogP) is 7.46. The van der Waals surface area contributed by atoms with Gasteiger partial charge in [-0.15, -0.1) is 0 Å². The molecule has 38 heavy (non-hydrogen) atoms. The van der Waals surface area contributed by atoms with Gasteiger partial charge in [0.05, 0.1) is 18.8 Å². The van der Waals surface area contributed by atoms with Crippen LogP contribution in [0.2, 0.25) is 5.02 Å². The van der Waals surface area contributed by atoms with Crippen LogP contribution in [-0.2, 0) is 16.1 Å². The van der Waals surface area contributed by atoms with Crippen molar-refractivity contribution in [2.75, 3.05) is 11.9 Å². The summed E-state index contributed by atoms with van der Waals surface area (Å²) in [6.45, 7) is 3.25. The van der Waals surface area contributed by atoms with Crippen LogP contribution >= 0.6 is 23.4 Å². The average Bonchev–Trinajstić information content (AvgIpc) is 2.93. The Balaban J connectivity index is 1.43. The summed E-state index contributed by atoms with van der Waals surface area (Å²) in [6.07, 6.45) is 4.68. The monoisotopic (exact) mass is 549 g/mol. The van der Waals surface area contributed by atoms with Crippen molar-refractivity contribution < 1.29 is 14.3 Å². The molecule has 2 amide bonds. The van der Waals surface area contributed by atoms with Crippen molar-refractivity contribution in [1.29, 1.82) is 0 Å². The minimum absolute atomic E-state index is 0.0852. The van der Waals surface area contributed by atoms with E-state index < -0.39 is 5.25 Å². The molecule has 0 aromatic heterocycles. The second-order valence-corrected chi connectivity index (χ2v) is 10.7. The highest BCUT2D eigenvalue weighted by Gasteiger charge is 2.36. The molecule has 1 N–H and O–H groups in total. The Morgan fingerprint density at radius 1 is 1.03 bits per heavy atom. The van der Waals surface area contributed by atoms with Crippen LogP contribution in [0.1, 0.15) is 44.6 Å². The van der Waals surface area contributed by atoms with E-state index in [0.29, 0.717) is 34.7 Å². The Labute approximate surface area is 233 Å². The van der Waals surface area contributed by atoms with E-state index >= 15 is 0 Å². The van der Waals surface area contributed by atoms with Crippen LogP contribution in [0.15, 0.2) is 83.9 Å². The Hall–Kier alpha value is -3.29. The molecule has 4 rings (SSSR count). The van der Waals surface area contributed by atoms with Crippen LogP contribution in [0.25, 0.3) is 0 Å². The molecular formula is C30H32ClN3O3S. The smallest absolute Gasteiger partial charge is 0.238 e. The molecule has 0 aliphatic carbocycles. The number of halogens is 1. The number of nitrogens with one attached hydrogen (secondary N) is 1. The fourth-order valence-electron chi connectivity index (χ4n) is 3.96. The minimum atomic E-state index is -0.602. The molecule has 1 heterocycles. The van der Waals surface area contributed by atoms with E-state index in [0.717, 1.165) is 24.2 Å². The first-order valence-electron chi connectivity index (χ1n) is 12.9. The van der Waals surface area contributed by atoms with E-state index in [1.165, 1.54) is 24.6 Å². The van der Waals surface area contributed by atoms with E-state index in [1.54, 1.807) is 29.2 Å². The maximum Gasteiger partial charge on any atom is 0.238 e. The Morgan fingerprint density at radius 2 is 1.76 bits per heavy atom. The van der Waals surface area contributed by atoms with Crippen molar-refractivity contribution >= 4 is 51.7 Å². The van der Waals surface area contributed by atoms with Crippen LogP contribution in [-0.4, -0.2) is 33.7 Å². The Bertz CT molecular complexity index is 1230. The number of carbonyl (C=O) groups excluding carboxylic acids is 2. The summed E-state index contributed by atoms with van der Waals surface area (Å²) < 4.78 is 5.79. The molecule has 1 fully saturated rings. The quantitative estimate of drug-likeness (QED) is 0.252. The number of unbranched alkanes of at least 4 members (excludes halogenated alkanes) is 3. The number of amides is 2. The molecule has 0 radical (unpaired) electrons. The number of hydrogen-bond acceptors (Lipinski definition) is 5. The van der Waals surface area contributed by atoms with Crippen molar-refractivity contribution in [2.24, 2.45) is 4.99 Å². The van der Waals surface area contributed by atoms with Crippen molar-refractivity contribution in [3.8, 4) is 5.75 Å². The Kier molecular flexibility index (Phi) is 10.2. The largest absolute Gasteiger partial charge is 0.494 e. The summed E-state index contributed by atoms with van der Waals surface area (Å²) in [5.74, 6) is 0.391. The van der Waals surface area contributed by atoms with Crippen molar-refractivity contribution in [3.63, 3.8) is 0 Å². The molecule has 1 aliphatic heterocycles. The van der Waals surface area contributed by atoms with Gasteiger partial charge in [-0.05, 0) is 60.5 Å². The minimum Gasteiger partial charge on any atom is -0.494 e. The van der Waals surface area contributed by atoms with E-state index in [2.05, 4.69) is 12.2 Å². The van der Waals surface area contributed by atoms with Crippen molar-refractivity contribution in [2.45, 2.75) is 50.8 Å². The number of thioether (sulfide) groups is 1. The zero-order chi connectivity index (χ0) is 26.7. The lowest BCUT2D eigenvalue weighted by atomic mass is 10.2. The van der Waals surface area contributed by atoms with Crippen LogP contribution in [0.5, 0.6) is 5.75 Å². The molecule has 3 aromatic rings. The second-order valence-electron chi connectivity index (χ2n) is 9.07. The van der Waals surface area contributed by atoms with Gasteiger partial charge in [-0.25, -0.2) is 4.99 Å². The lowest BCUT2D eigenvalue weighted by Crippen LogP contribution is -2.44. The zero-order valence-electron chi connectivity index (χ0n) is 21.4. The van der Waals surface area contributed by atoms with Gasteiger partial charge >= 0.3 is 0 Å². The standard InChI is InChI=1S/C30H32ClN3O3S/c1-2-3-4-8-19-37-26-17-15-24(16-18-26)32-29(36)27-20-28(35)34(21-22-9-6-5-7-10-22)30(38-27)33-25-13-11-23(31)12-14-25/h5-7,9-18,27H,2-4,8,19-21H2,1H3,(H,32,36). The highest BCUT2D eigenvalue weighted by atomic mass is 35.5. The summed E-state index contributed by atoms with van der Waals surface area (Å²) in [4.78, 5) is 32.8. The molecule has 1 unspecified atom stereocenters. The molecule has 1 aliphatic rings. The first-order valence-corrected chi connectivity index (χ1v) is 14.2. The van der Waals surface area contributed by atoms with E-state index in [1.807, 2.05) is 54.6 Å². The molecule has 6 nitrogen and oxygen atoms in total. The second kappa shape index (κ2) is 14.0. The molecule has 0 spiro atoms. The normalized spacial score (nSPS) is 16.5. The first-order chi connectivity index (χ1) is 18.5. The number of rotatable bonds is 11. The van der Waals surface area contributed by atoms with Crippen LogP contribution in [0.3, 0.4) is 0 Å². The fourth-order valence-corrected chi connectivity index (χ4v) is 5.19. The molecule has 3 aromatic carbocycles. The number of hydrogen-bond donors (Lipinski definition) is 1. The number of aliphatic imine (C=N–C) groups is 1. The number of benzene rings is 3. The zero-order valence-corrected chi connectivity index (χ0v) is 23.0. The first kappa shape index (κ1) is 27.7. The molecular weight excluding hydrogens is 518 g/mol. The third kappa shape index (κ3) is 8.10. The number of nitrogens with zero attached hydrogens (tertiary/aromatic N) is 2. The number of amidine groups is 1. The third-order valence-electron chi connectivity index (χ3n) is 6.06. The summed E-state index contributed by atoms with van der Waals surface area (Å²) in [6, 6.07) is 24.2. The van der Waals surface area contributed by atoms with E-state index in [-0.39, 0.29) is 18.2 Å². The lowest BCUT2D eigenvalue weighted by molar-refractivity contribution is -0.129. The summed E-state index contributed by atoms with van der Waals surface area (Å²) in [5, 5.41) is 3.43. The maximum absolute atomic E-state index is 13.2.